The fourth-order valence-corrected chi connectivity index (χ4v) is 2.47. The molecule has 9 heteroatoms. The van der Waals surface area contributed by atoms with Gasteiger partial charge in [0.15, 0.2) is 15.9 Å². The van der Waals surface area contributed by atoms with Crippen LogP contribution in [0.2, 0.25) is 0 Å². The van der Waals surface area contributed by atoms with Crippen molar-refractivity contribution in [3.05, 3.63) is 25.6 Å². The summed E-state index contributed by atoms with van der Waals surface area (Å²) in [5, 5.41) is 2.66. The van der Waals surface area contributed by atoms with Gasteiger partial charge in [0, 0.05) is 20.6 Å². The third-order valence-corrected chi connectivity index (χ3v) is 3.57. The number of hydrogen-bond acceptors (Lipinski definition) is 4. The fourth-order valence-electron chi connectivity index (χ4n) is 2.00. The Kier molecular flexibility index (Phi) is 3.80. The zero-order valence-electron chi connectivity index (χ0n) is 11.3. The molecule has 0 unspecified atom stereocenters. The second-order valence-corrected chi connectivity index (χ2v) is 5.01. The SMILES string of the molecule is CCNC(=O)Cn1c(Br)nc2c(=O)n(C)c(=O)n(C)c21. The molecule has 1 N–H and O–H groups in total. The lowest BCUT2D eigenvalue weighted by Crippen LogP contribution is -2.38. The van der Waals surface area contributed by atoms with E-state index in [1.807, 2.05) is 6.92 Å². The van der Waals surface area contributed by atoms with Crippen LogP contribution in [0.3, 0.4) is 0 Å². The summed E-state index contributed by atoms with van der Waals surface area (Å²) in [6.07, 6.45) is 0. The lowest BCUT2D eigenvalue weighted by Gasteiger charge is -2.09. The molecule has 0 aliphatic rings. The zero-order chi connectivity index (χ0) is 15.0. The molecule has 0 bridgehead atoms. The maximum atomic E-state index is 12.0. The van der Waals surface area contributed by atoms with Crippen molar-refractivity contribution < 1.29 is 4.79 Å². The van der Waals surface area contributed by atoms with Crippen molar-refractivity contribution >= 4 is 33.0 Å². The molecular weight excluding hydrogens is 330 g/mol. The molecule has 0 aromatic carbocycles. The number of imidazole rings is 1. The number of nitrogens with one attached hydrogen (secondary N) is 1. The topological polar surface area (TPSA) is 90.9 Å². The Hall–Kier alpha value is -1.90. The molecule has 0 radical (unpaired) electrons. The quantitative estimate of drug-likeness (QED) is 0.748. The zero-order valence-corrected chi connectivity index (χ0v) is 12.9. The van der Waals surface area contributed by atoms with Gasteiger partial charge < -0.3 is 5.32 Å². The first-order valence-electron chi connectivity index (χ1n) is 5.97. The number of likely N-dealkylation sites (N-methyl/N-ethyl adjacent to an activating group) is 1. The summed E-state index contributed by atoms with van der Waals surface area (Å²) in [4.78, 5) is 39.8. The molecule has 8 nitrogen and oxygen atoms in total. The van der Waals surface area contributed by atoms with Gasteiger partial charge in [-0.25, -0.2) is 9.78 Å². The van der Waals surface area contributed by atoms with Gasteiger partial charge in [-0.05, 0) is 22.9 Å². The lowest BCUT2D eigenvalue weighted by molar-refractivity contribution is -0.121. The van der Waals surface area contributed by atoms with Gasteiger partial charge in [-0.1, -0.05) is 0 Å². The van der Waals surface area contributed by atoms with Gasteiger partial charge in [-0.15, -0.1) is 0 Å². The van der Waals surface area contributed by atoms with Crippen LogP contribution in [0, 0.1) is 0 Å². The van der Waals surface area contributed by atoms with E-state index >= 15 is 0 Å². The molecular formula is C11H14BrN5O3. The first kappa shape index (κ1) is 14.5. The Morgan fingerprint density at radius 2 is 1.95 bits per heavy atom. The van der Waals surface area contributed by atoms with E-state index in [4.69, 9.17) is 0 Å². The highest BCUT2D eigenvalue weighted by molar-refractivity contribution is 9.10. The Morgan fingerprint density at radius 1 is 1.30 bits per heavy atom. The van der Waals surface area contributed by atoms with E-state index < -0.39 is 11.2 Å². The average molecular weight is 344 g/mol. The van der Waals surface area contributed by atoms with Crippen molar-refractivity contribution in [2.24, 2.45) is 14.1 Å². The minimum absolute atomic E-state index is 0.0224. The number of aromatic nitrogens is 4. The van der Waals surface area contributed by atoms with E-state index in [0.717, 1.165) is 4.57 Å². The molecule has 0 saturated carbocycles. The van der Waals surface area contributed by atoms with Gasteiger partial charge in [-0.2, -0.15) is 0 Å². The van der Waals surface area contributed by atoms with E-state index in [1.54, 1.807) is 0 Å². The number of fused-ring (bicyclic) bond motifs is 1. The normalized spacial score (nSPS) is 11.0. The molecule has 0 saturated heterocycles. The summed E-state index contributed by atoms with van der Waals surface area (Å²) in [5.41, 5.74) is -0.493. The van der Waals surface area contributed by atoms with Crippen LogP contribution in [0.15, 0.2) is 14.3 Å². The first-order chi connectivity index (χ1) is 9.38. The van der Waals surface area contributed by atoms with Crippen LogP contribution in [0.1, 0.15) is 6.92 Å². The minimum atomic E-state index is -0.488. The maximum absolute atomic E-state index is 12.0. The summed E-state index contributed by atoms with van der Waals surface area (Å²) in [6.45, 7) is 2.29. The van der Waals surface area contributed by atoms with Crippen LogP contribution in [0.4, 0.5) is 0 Å². The molecule has 0 fully saturated rings. The number of halogens is 1. The lowest BCUT2D eigenvalue weighted by atomic mass is 10.5. The molecule has 2 aromatic heterocycles. The molecule has 0 aliphatic heterocycles. The van der Waals surface area contributed by atoms with Gasteiger partial charge in [0.2, 0.25) is 5.91 Å². The third kappa shape index (κ3) is 2.17. The summed E-state index contributed by atoms with van der Waals surface area (Å²) in [5.74, 6) is -0.222. The third-order valence-electron chi connectivity index (χ3n) is 2.97. The van der Waals surface area contributed by atoms with Gasteiger partial charge in [0.25, 0.3) is 5.56 Å². The largest absolute Gasteiger partial charge is 0.355 e. The molecule has 1 amide bonds. The number of hydrogen-bond donors (Lipinski definition) is 1. The predicted molar refractivity (Wildman–Crippen MR) is 76.6 cm³/mol. The van der Waals surface area contributed by atoms with Crippen molar-refractivity contribution in [3.8, 4) is 0 Å². The average Bonchev–Trinajstić information content (AvgIpc) is 2.72. The smallest absolute Gasteiger partial charge is 0.332 e. The Labute approximate surface area is 122 Å². The van der Waals surface area contributed by atoms with Crippen LogP contribution in [-0.2, 0) is 25.4 Å². The van der Waals surface area contributed by atoms with Crippen LogP contribution in [-0.4, -0.2) is 31.1 Å². The van der Waals surface area contributed by atoms with Crippen molar-refractivity contribution in [1.82, 2.24) is 24.0 Å². The van der Waals surface area contributed by atoms with Crippen molar-refractivity contribution in [3.63, 3.8) is 0 Å². The summed E-state index contributed by atoms with van der Waals surface area (Å²) >= 11 is 3.21. The highest BCUT2D eigenvalue weighted by atomic mass is 79.9. The summed E-state index contributed by atoms with van der Waals surface area (Å²) in [6, 6.07) is 0. The van der Waals surface area contributed by atoms with Crippen LogP contribution < -0.4 is 16.6 Å². The Bertz CT molecular complexity index is 801. The Balaban J connectivity index is 2.74. The number of carbonyl (C=O) groups is 1. The standard InChI is InChI=1S/C11H14BrN5O3/c1-4-13-6(18)5-17-8-7(14-10(17)12)9(19)16(3)11(20)15(8)2/h4-5H2,1-3H3,(H,13,18). The van der Waals surface area contributed by atoms with E-state index in [0.29, 0.717) is 16.9 Å². The molecule has 0 atom stereocenters. The number of nitrogens with zero attached hydrogens (tertiary/aromatic N) is 4. The number of amides is 1. The van der Waals surface area contributed by atoms with Gasteiger partial charge >= 0.3 is 5.69 Å². The van der Waals surface area contributed by atoms with E-state index in [1.165, 1.54) is 23.2 Å². The number of aryl methyl sites for hydroxylation is 1. The number of carbonyl (C=O) groups excluding carboxylic acids is 1. The highest BCUT2D eigenvalue weighted by Gasteiger charge is 2.18. The Morgan fingerprint density at radius 3 is 2.55 bits per heavy atom. The molecule has 0 spiro atoms. The number of rotatable bonds is 3. The molecule has 2 aromatic rings. The first-order valence-corrected chi connectivity index (χ1v) is 6.76. The second-order valence-electron chi connectivity index (χ2n) is 4.30. The molecule has 20 heavy (non-hydrogen) atoms. The van der Waals surface area contributed by atoms with E-state index in [-0.39, 0.29) is 18.0 Å². The maximum Gasteiger partial charge on any atom is 0.332 e. The van der Waals surface area contributed by atoms with Gasteiger partial charge in [-0.3, -0.25) is 23.3 Å². The molecule has 0 aliphatic carbocycles. The summed E-state index contributed by atoms with van der Waals surface area (Å²) < 4.78 is 4.10. The predicted octanol–water partition coefficient (Wildman–Crippen LogP) is -0.668. The van der Waals surface area contributed by atoms with Crippen LogP contribution >= 0.6 is 15.9 Å². The monoisotopic (exact) mass is 343 g/mol. The fraction of sp³-hybridized carbons (Fsp3) is 0.455. The van der Waals surface area contributed by atoms with Crippen molar-refractivity contribution in [1.29, 1.82) is 0 Å². The van der Waals surface area contributed by atoms with Crippen molar-refractivity contribution in [2.75, 3.05) is 6.54 Å². The summed E-state index contributed by atoms with van der Waals surface area (Å²) in [7, 11) is 2.92. The van der Waals surface area contributed by atoms with E-state index in [2.05, 4.69) is 26.2 Å². The second kappa shape index (κ2) is 5.23. The van der Waals surface area contributed by atoms with E-state index in [9.17, 15) is 14.4 Å². The highest BCUT2D eigenvalue weighted by Crippen LogP contribution is 2.16. The minimum Gasteiger partial charge on any atom is -0.355 e. The molecule has 2 rings (SSSR count). The van der Waals surface area contributed by atoms with Gasteiger partial charge in [0.1, 0.15) is 6.54 Å². The molecule has 108 valence electrons. The van der Waals surface area contributed by atoms with Crippen molar-refractivity contribution in [2.45, 2.75) is 13.5 Å². The van der Waals surface area contributed by atoms with Gasteiger partial charge in [0.05, 0.1) is 0 Å². The molecule has 2 heterocycles. The van der Waals surface area contributed by atoms with Crippen LogP contribution in [0.25, 0.3) is 11.2 Å². The van der Waals surface area contributed by atoms with Crippen LogP contribution in [0.5, 0.6) is 0 Å².